The van der Waals surface area contributed by atoms with Gasteiger partial charge in [-0.15, -0.1) is 0 Å². The summed E-state index contributed by atoms with van der Waals surface area (Å²) in [6.45, 7) is 6.27. The van der Waals surface area contributed by atoms with Crippen molar-refractivity contribution in [2.24, 2.45) is 0 Å². The largest absolute Gasteiger partial charge is 0.492 e. The number of likely N-dealkylation sites (N-methyl/N-ethyl adjacent to an activating group) is 1. The molecule has 0 aromatic heterocycles. The number of ether oxygens (including phenoxy) is 1. The van der Waals surface area contributed by atoms with Crippen molar-refractivity contribution in [1.29, 1.82) is 0 Å². The molecule has 1 saturated heterocycles. The molecule has 15 heavy (non-hydrogen) atoms. The van der Waals surface area contributed by atoms with Crippen LogP contribution < -0.4 is 4.74 Å². The van der Waals surface area contributed by atoms with Gasteiger partial charge in [-0.25, -0.2) is 0 Å². The maximum atomic E-state index is 5.77. The van der Waals surface area contributed by atoms with Crippen LogP contribution >= 0.6 is 0 Å². The second kappa shape index (κ2) is 4.23. The molecule has 2 rings (SSSR count). The van der Waals surface area contributed by atoms with Crippen LogP contribution in [0.2, 0.25) is 0 Å². The Hall–Kier alpha value is -1.02. The van der Waals surface area contributed by atoms with Crippen molar-refractivity contribution in [3.63, 3.8) is 0 Å². The Morgan fingerprint density at radius 1 is 1.33 bits per heavy atom. The molecule has 1 heterocycles. The van der Waals surface area contributed by atoms with Crippen LogP contribution in [0.3, 0.4) is 0 Å². The van der Waals surface area contributed by atoms with Crippen molar-refractivity contribution in [3.8, 4) is 5.75 Å². The molecule has 1 unspecified atom stereocenters. The first-order valence-corrected chi connectivity index (χ1v) is 5.57. The summed E-state index contributed by atoms with van der Waals surface area (Å²) in [5, 5.41) is 0. The van der Waals surface area contributed by atoms with Crippen molar-refractivity contribution < 1.29 is 4.74 Å². The van der Waals surface area contributed by atoms with Gasteiger partial charge in [0.05, 0.1) is 0 Å². The highest BCUT2D eigenvalue weighted by molar-refractivity contribution is 5.33. The topological polar surface area (TPSA) is 12.5 Å². The van der Waals surface area contributed by atoms with E-state index in [2.05, 4.69) is 44.0 Å². The first-order valence-electron chi connectivity index (χ1n) is 5.57. The first kappa shape index (κ1) is 10.5. The molecule has 1 fully saturated rings. The molecule has 1 aromatic rings. The van der Waals surface area contributed by atoms with E-state index in [1.54, 1.807) is 0 Å². The van der Waals surface area contributed by atoms with Gasteiger partial charge >= 0.3 is 0 Å². The number of hydrogen-bond acceptors (Lipinski definition) is 2. The highest BCUT2D eigenvalue weighted by Gasteiger charge is 2.24. The van der Waals surface area contributed by atoms with E-state index in [4.69, 9.17) is 4.74 Å². The zero-order chi connectivity index (χ0) is 10.8. The third-order valence-corrected chi connectivity index (χ3v) is 3.36. The van der Waals surface area contributed by atoms with Gasteiger partial charge in [0.1, 0.15) is 12.4 Å². The summed E-state index contributed by atoms with van der Waals surface area (Å²) in [7, 11) is 2.15. The van der Waals surface area contributed by atoms with Crippen molar-refractivity contribution in [2.45, 2.75) is 26.3 Å². The number of likely N-dealkylation sites (tertiary alicyclic amines) is 1. The second-order valence-electron chi connectivity index (χ2n) is 4.48. The first-order chi connectivity index (χ1) is 7.16. The molecule has 1 atom stereocenters. The van der Waals surface area contributed by atoms with Crippen LogP contribution in [0.4, 0.5) is 0 Å². The van der Waals surface area contributed by atoms with Crippen molar-refractivity contribution in [1.82, 2.24) is 4.90 Å². The van der Waals surface area contributed by atoms with Gasteiger partial charge in [0.15, 0.2) is 0 Å². The summed E-state index contributed by atoms with van der Waals surface area (Å²) in [5.41, 5.74) is 2.62. The van der Waals surface area contributed by atoms with Crippen molar-refractivity contribution in [3.05, 3.63) is 29.3 Å². The molecule has 2 heteroatoms. The van der Waals surface area contributed by atoms with Gasteiger partial charge in [0.2, 0.25) is 0 Å². The van der Waals surface area contributed by atoms with Gasteiger partial charge in [-0.3, -0.25) is 4.90 Å². The van der Waals surface area contributed by atoms with E-state index >= 15 is 0 Å². The molecule has 2 nitrogen and oxygen atoms in total. The second-order valence-corrected chi connectivity index (χ2v) is 4.48. The molecular formula is C13H19NO. The number of benzene rings is 1. The molecule has 0 aliphatic carbocycles. The van der Waals surface area contributed by atoms with E-state index in [9.17, 15) is 0 Å². The smallest absolute Gasteiger partial charge is 0.119 e. The number of nitrogens with zero attached hydrogens (tertiary/aromatic N) is 1. The number of rotatable bonds is 3. The molecule has 0 amide bonds. The maximum absolute atomic E-state index is 5.77. The Morgan fingerprint density at radius 3 is 2.67 bits per heavy atom. The highest BCUT2D eigenvalue weighted by Crippen LogP contribution is 2.19. The van der Waals surface area contributed by atoms with Crippen LogP contribution in [0.1, 0.15) is 17.5 Å². The summed E-state index contributed by atoms with van der Waals surface area (Å²) >= 11 is 0. The minimum absolute atomic E-state index is 0.617. The SMILES string of the molecule is Cc1ccc(OCC2CCN2C)cc1C. The molecule has 0 saturated carbocycles. The summed E-state index contributed by atoms with van der Waals surface area (Å²) < 4.78 is 5.77. The predicted octanol–water partition coefficient (Wildman–Crippen LogP) is 2.39. The lowest BCUT2D eigenvalue weighted by molar-refractivity contribution is 0.0769. The van der Waals surface area contributed by atoms with Gasteiger partial charge in [-0.05, 0) is 57.1 Å². The van der Waals surface area contributed by atoms with Crippen LogP contribution in [0.5, 0.6) is 5.75 Å². The fourth-order valence-electron chi connectivity index (χ4n) is 1.78. The zero-order valence-electron chi connectivity index (χ0n) is 9.79. The quantitative estimate of drug-likeness (QED) is 0.751. The van der Waals surface area contributed by atoms with E-state index in [1.165, 1.54) is 24.1 Å². The minimum Gasteiger partial charge on any atom is -0.492 e. The average molecular weight is 205 g/mol. The third kappa shape index (κ3) is 2.32. The molecule has 82 valence electrons. The lowest BCUT2D eigenvalue weighted by Gasteiger charge is -2.37. The molecule has 0 N–H and O–H groups in total. The number of hydrogen-bond donors (Lipinski definition) is 0. The van der Waals surface area contributed by atoms with E-state index in [1.807, 2.05) is 0 Å². The summed E-state index contributed by atoms with van der Waals surface area (Å²) in [6.07, 6.45) is 1.27. The maximum Gasteiger partial charge on any atom is 0.119 e. The van der Waals surface area contributed by atoms with Gasteiger partial charge in [-0.2, -0.15) is 0 Å². The van der Waals surface area contributed by atoms with Crippen LogP contribution in [0, 0.1) is 13.8 Å². The summed E-state index contributed by atoms with van der Waals surface area (Å²) in [6, 6.07) is 6.91. The fraction of sp³-hybridized carbons (Fsp3) is 0.538. The molecule has 1 aliphatic rings. The predicted molar refractivity (Wildman–Crippen MR) is 62.4 cm³/mol. The van der Waals surface area contributed by atoms with Crippen LogP contribution in [-0.2, 0) is 0 Å². The summed E-state index contributed by atoms with van der Waals surface area (Å²) in [4.78, 5) is 2.33. The normalized spacial score (nSPS) is 21.1. The van der Waals surface area contributed by atoms with Crippen molar-refractivity contribution in [2.75, 3.05) is 20.2 Å². The highest BCUT2D eigenvalue weighted by atomic mass is 16.5. The Labute approximate surface area is 91.9 Å². The molecule has 0 spiro atoms. The van der Waals surface area contributed by atoms with Crippen LogP contribution in [0.15, 0.2) is 18.2 Å². The fourth-order valence-corrected chi connectivity index (χ4v) is 1.78. The Morgan fingerprint density at radius 2 is 2.13 bits per heavy atom. The summed E-state index contributed by atoms with van der Waals surface area (Å²) in [5.74, 6) is 0.999. The Bertz CT molecular complexity index is 348. The standard InChI is InChI=1S/C13H19NO/c1-10-4-5-13(8-11(10)2)15-9-12-6-7-14(12)3/h4-5,8,12H,6-7,9H2,1-3H3. The average Bonchev–Trinajstić information content (AvgIpc) is 2.21. The van der Waals surface area contributed by atoms with Crippen LogP contribution in [-0.4, -0.2) is 31.1 Å². The number of aryl methyl sites for hydroxylation is 2. The minimum atomic E-state index is 0.617. The van der Waals surface area contributed by atoms with Crippen LogP contribution in [0.25, 0.3) is 0 Å². The van der Waals surface area contributed by atoms with Gasteiger partial charge in [-0.1, -0.05) is 6.07 Å². The van der Waals surface area contributed by atoms with E-state index < -0.39 is 0 Å². The van der Waals surface area contributed by atoms with E-state index in [0.29, 0.717) is 6.04 Å². The third-order valence-electron chi connectivity index (χ3n) is 3.36. The van der Waals surface area contributed by atoms with Gasteiger partial charge < -0.3 is 4.74 Å². The van der Waals surface area contributed by atoms with E-state index in [-0.39, 0.29) is 0 Å². The molecule has 0 radical (unpaired) electrons. The monoisotopic (exact) mass is 205 g/mol. The van der Waals surface area contributed by atoms with Crippen molar-refractivity contribution >= 4 is 0 Å². The van der Waals surface area contributed by atoms with Gasteiger partial charge in [0.25, 0.3) is 0 Å². The molecule has 1 aromatic carbocycles. The Balaban J connectivity index is 1.90. The lowest BCUT2D eigenvalue weighted by Crippen LogP contribution is -2.48. The lowest BCUT2D eigenvalue weighted by atomic mass is 10.1. The van der Waals surface area contributed by atoms with Gasteiger partial charge in [0, 0.05) is 6.04 Å². The molecular weight excluding hydrogens is 186 g/mol. The molecule has 1 aliphatic heterocycles. The zero-order valence-corrected chi connectivity index (χ0v) is 9.79. The Kier molecular flexibility index (Phi) is 2.96. The molecule has 0 bridgehead atoms. The van der Waals surface area contributed by atoms with E-state index in [0.717, 1.165) is 12.4 Å².